The Morgan fingerprint density at radius 1 is 1.30 bits per heavy atom. The van der Waals surface area contributed by atoms with Crippen LogP contribution in [0.2, 0.25) is 0 Å². The lowest BCUT2D eigenvalue weighted by Gasteiger charge is -2.28. The van der Waals surface area contributed by atoms with Crippen LogP contribution in [0.15, 0.2) is 47.1 Å². The minimum atomic E-state index is -0.786. The Balaban J connectivity index is 2.42. The molecule has 0 aromatic rings. The zero-order chi connectivity index (χ0) is 22.4. The van der Waals surface area contributed by atoms with E-state index in [4.69, 9.17) is 19.3 Å². The zero-order valence-corrected chi connectivity index (χ0v) is 17.4. The maximum absolute atomic E-state index is 12.5. The van der Waals surface area contributed by atoms with Crippen molar-refractivity contribution in [2.24, 2.45) is 5.92 Å². The van der Waals surface area contributed by atoms with Crippen molar-refractivity contribution in [1.82, 2.24) is 0 Å². The number of ether oxygens (including phenoxy) is 3. The molecule has 2 N–H and O–H groups in total. The predicted octanol–water partition coefficient (Wildman–Crippen LogP) is 1.53. The van der Waals surface area contributed by atoms with Gasteiger partial charge >= 0.3 is 17.9 Å². The first-order valence-electron chi connectivity index (χ1n) is 9.70. The summed E-state index contributed by atoms with van der Waals surface area (Å²) in [6.45, 7) is 7.76. The third-order valence-corrected chi connectivity index (χ3v) is 5.14. The average Bonchev–Trinajstić information content (AvgIpc) is 2.94. The van der Waals surface area contributed by atoms with E-state index in [9.17, 15) is 19.5 Å². The van der Waals surface area contributed by atoms with Gasteiger partial charge in [-0.15, -0.1) is 0 Å². The van der Waals surface area contributed by atoms with Crippen LogP contribution in [-0.2, 0) is 28.6 Å². The molecule has 0 aromatic heterocycles. The fraction of sp³-hybridized carbons (Fsp3) is 0.500. The number of carbonyl (C=O) groups is 3. The number of carbonyl (C=O) groups excluding carboxylic acids is 3. The van der Waals surface area contributed by atoms with Crippen LogP contribution in [0.3, 0.4) is 0 Å². The van der Waals surface area contributed by atoms with E-state index in [1.54, 1.807) is 13.0 Å². The molecule has 2 rings (SSSR count). The van der Waals surface area contributed by atoms with Gasteiger partial charge in [-0.25, -0.2) is 9.59 Å². The molecular formula is C22H28O8. The van der Waals surface area contributed by atoms with Crippen LogP contribution < -0.4 is 0 Å². The zero-order valence-electron chi connectivity index (χ0n) is 17.4. The number of fused-ring (bicyclic) bond motifs is 1. The van der Waals surface area contributed by atoms with E-state index in [2.05, 4.69) is 6.58 Å². The molecule has 4 atom stereocenters. The molecule has 8 nitrogen and oxygen atoms in total. The number of aliphatic hydroxyl groups is 2. The van der Waals surface area contributed by atoms with Crippen molar-refractivity contribution in [1.29, 1.82) is 0 Å². The lowest BCUT2D eigenvalue weighted by Crippen LogP contribution is -2.34. The van der Waals surface area contributed by atoms with E-state index >= 15 is 0 Å². The standard InChI is InChI=1S/C22H28O8/c1-12-5-6-17(28-15(4)25)13(2)10-19-20(14(3)21(26)29-19)18(9-12)30-22(27)16(11-24)7-8-23/h5,7,10,17-20,23-24H,3,6,8-9,11H2,1-2,4H3/b12-5+,13-10-,16-7+/t17-,18-,19+,20+/m1/s1. The van der Waals surface area contributed by atoms with E-state index in [0.717, 1.165) is 5.57 Å². The van der Waals surface area contributed by atoms with Crippen molar-refractivity contribution in [3.8, 4) is 0 Å². The first-order chi connectivity index (χ1) is 14.2. The van der Waals surface area contributed by atoms with Crippen LogP contribution in [0, 0.1) is 5.92 Å². The number of aliphatic hydroxyl groups excluding tert-OH is 2. The Hall–Kier alpha value is -2.71. The Bertz CT molecular complexity index is 804. The topological polar surface area (TPSA) is 119 Å². The molecule has 1 saturated heterocycles. The molecular weight excluding hydrogens is 392 g/mol. The number of esters is 3. The van der Waals surface area contributed by atoms with Crippen LogP contribution in [0.25, 0.3) is 0 Å². The van der Waals surface area contributed by atoms with Gasteiger partial charge in [0.15, 0.2) is 0 Å². The van der Waals surface area contributed by atoms with Gasteiger partial charge in [0.2, 0.25) is 0 Å². The van der Waals surface area contributed by atoms with Crippen LogP contribution in [0.1, 0.15) is 33.6 Å². The van der Waals surface area contributed by atoms with Gasteiger partial charge in [-0.2, -0.15) is 0 Å². The monoisotopic (exact) mass is 420 g/mol. The second kappa shape index (κ2) is 10.4. The molecule has 30 heavy (non-hydrogen) atoms. The van der Waals surface area contributed by atoms with Crippen LogP contribution in [-0.4, -0.2) is 59.6 Å². The highest BCUT2D eigenvalue weighted by Crippen LogP contribution is 2.36. The van der Waals surface area contributed by atoms with Gasteiger partial charge in [-0.05, 0) is 31.6 Å². The Labute approximate surface area is 175 Å². The molecule has 2 aliphatic rings. The van der Waals surface area contributed by atoms with Gasteiger partial charge in [0, 0.05) is 25.3 Å². The molecule has 1 aliphatic carbocycles. The fourth-order valence-electron chi connectivity index (χ4n) is 3.56. The molecule has 0 unspecified atom stereocenters. The first-order valence-corrected chi connectivity index (χ1v) is 9.70. The summed E-state index contributed by atoms with van der Waals surface area (Å²) in [6.07, 6.45) is 3.45. The average molecular weight is 420 g/mol. The number of hydrogen-bond donors (Lipinski definition) is 2. The molecule has 0 aromatic carbocycles. The Morgan fingerprint density at radius 3 is 2.60 bits per heavy atom. The van der Waals surface area contributed by atoms with Crippen LogP contribution >= 0.6 is 0 Å². The molecule has 1 heterocycles. The molecule has 0 radical (unpaired) electrons. The summed E-state index contributed by atoms with van der Waals surface area (Å²) in [7, 11) is 0. The Kier molecular flexibility index (Phi) is 8.14. The summed E-state index contributed by atoms with van der Waals surface area (Å²) >= 11 is 0. The highest BCUT2D eigenvalue weighted by atomic mass is 16.6. The Morgan fingerprint density at radius 2 is 2.00 bits per heavy atom. The van der Waals surface area contributed by atoms with E-state index in [1.165, 1.54) is 13.0 Å². The van der Waals surface area contributed by atoms with E-state index < -0.39 is 55.4 Å². The molecule has 0 spiro atoms. The van der Waals surface area contributed by atoms with Gasteiger partial charge in [0.05, 0.1) is 24.7 Å². The predicted molar refractivity (Wildman–Crippen MR) is 107 cm³/mol. The minimum Gasteiger partial charge on any atom is -0.458 e. The normalized spacial score (nSPS) is 30.9. The first kappa shape index (κ1) is 23.6. The molecule has 8 heteroatoms. The van der Waals surface area contributed by atoms with Gasteiger partial charge in [0.25, 0.3) is 0 Å². The van der Waals surface area contributed by atoms with E-state index in [0.29, 0.717) is 18.4 Å². The summed E-state index contributed by atoms with van der Waals surface area (Å²) in [4.78, 5) is 36.2. The summed E-state index contributed by atoms with van der Waals surface area (Å²) in [6, 6.07) is 0. The van der Waals surface area contributed by atoms with Crippen molar-refractivity contribution in [3.63, 3.8) is 0 Å². The quantitative estimate of drug-likeness (QED) is 0.297. The largest absolute Gasteiger partial charge is 0.458 e. The van der Waals surface area contributed by atoms with Crippen molar-refractivity contribution < 1.29 is 38.8 Å². The van der Waals surface area contributed by atoms with Crippen LogP contribution in [0.5, 0.6) is 0 Å². The molecule has 1 fully saturated rings. The van der Waals surface area contributed by atoms with Crippen molar-refractivity contribution in [2.75, 3.05) is 13.2 Å². The van der Waals surface area contributed by atoms with Crippen molar-refractivity contribution >= 4 is 17.9 Å². The second-order valence-corrected chi connectivity index (χ2v) is 7.43. The van der Waals surface area contributed by atoms with Crippen LogP contribution in [0.4, 0.5) is 0 Å². The maximum atomic E-state index is 12.5. The summed E-state index contributed by atoms with van der Waals surface area (Å²) in [5.74, 6) is -2.44. The maximum Gasteiger partial charge on any atom is 0.336 e. The van der Waals surface area contributed by atoms with E-state index in [1.807, 2.05) is 13.0 Å². The molecule has 0 bridgehead atoms. The van der Waals surface area contributed by atoms with Gasteiger partial charge < -0.3 is 24.4 Å². The van der Waals surface area contributed by atoms with Crippen molar-refractivity contribution in [3.05, 3.63) is 47.1 Å². The number of hydrogen-bond acceptors (Lipinski definition) is 8. The fourth-order valence-corrected chi connectivity index (χ4v) is 3.56. The third kappa shape index (κ3) is 5.67. The smallest absolute Gasteiger partial charge is 0.336 e. The third-order valence-electron chi connectivity index (χ3n) is 5.14. The van der Waals surface area contributed by atoms with Gasteiger partial charge in [-0.3, -0.25) is 4.79 Å². The lowest BCUT2D eigenvalue weighted by atomic mass is 9.85. The molecule has 164 valence electrons. The lowest BCUT2D eigenvalue weighted by molar-refractivity contribution is -0.148. The summed E-state index contributed by atoms with van der Waals surface area (Å²) in [5.41, 5.74) is 1.67. The SMILES string of the molecule is C=C1C(=O)O[C@H]2/C=C(/C)[C@H](OC(C)=O)C/C=C(\C)C[C@@H](OC(=O)/C(=C/CO)CO)[C@H]12. The molecule has 0 saturated carbocycles. The highest BCUT2D eigenvalue weighted by Gasteiger charge is 2.45. The van der Waals surface area contributed by atoms with Gasteiger partial charge in [-0.1, -0.05) is 18.2 Å². The highest BCUT2D eigenvalue weighted by molar-refractivity contribution is 5.92. The molecule has 1 aliphatic heterocycles. The molecule has 0 amide bonds. The number of rotatable bonds is 5. The summed E-state index contributed by atoms with van der Waals surface area (Å²) < 4.78 is 16.5. The van der Waals surface area contributed by atoms with E-state index in [-0.39, 0.29) is 11.1 Å². The minimum absolute atomic E-state index is 0.0784. The second-order valence-electron chi connectivity index (χ2n) is 7.43. The van der Waals surface area contributed by atoms with Gasteiger partial charge in [0.1, 0.15) is 18.3 Å². The van der Waals surface area contributed by atoms with Crippen molar-refractivity contribution in [2.45, 2.75) is 51.9 Å². The summed E-state index contributed by atoms with van der Waals surface area (Å²) in [5, 5.41) is 18.4.